The highest BCUT2D eigenvalue weighted by molar-refractivity contribution is 5.82. The van der Waals surface area contributed by atoms with E-state index in [-0.39, 0.29) is 12.0 Å². The van der Waals surface area contributed by atoms with Gasteiger partial charge in [0.1, 0.15) is 11.6 Å². The van der Waals surface area contributed by atoms with Gasteiger partial charge in [0.2, 0.25) is 5.91 Å². The number of amides is 1. The van der Waals surface area contributed by atoms with E-state index in [1.165, 1.54) is 6.42 Å². The van der Waals surface area contributed by atoms with Gasteiger partial charge in [-0.1, -0.05) is 19.3 Å². The van der Waals surface area contributed by atoms with E-state index >= 15 is 0 Å². The van der Waals surface area contributed by atoms with Crippen LogP contribution in [0.1, 0.15) is 51.4 Å². The van der Waals surface area contributed by atoms with E-state index in [2.05, 4.69) is 11.4 Å². The normalized spacial score (nSPS) is 28.1. The molecule has 1 saturated heterocycles. The van der Waals surface area contributed by atoms with Crippen molar-refractivity contribution in [3.05, 3.63) is 0 Å². The molecule has 2 fully saturated rings. The van der Waals surface area contributed by atoms with E-state index < -0.39 is 5.54 Å². The minimum absolute atomic E-state index is 0.0897. The Hall–Kier alpha value is -1.08. The maximum Gasteiger partial charge on any atom is 0.250 e. The lowest BCUT2D eigenvalue weighted by Gasteiger charge is -2.33. The number of nitrogens with zero attached hydrogens (tertiary/aromatic N) is 1. The van der Waals surface area contributed by atoms with Gasteiger partial charge in [0.05, 0.1) is 6.07 Å². The molecule has 1 amide bonds. The van der Waals surface area contributed by atoms with Crippen molar-refractivity contribution in [2.24, 2.45) is 0 Å². The Kier molecular flexibility index (Phi) is 4.01. The Bertz CT molecular complexity index is 310. The fraction of sp³-hybridized carbons (Fsp3) is 0.846. The molecule has 0 spiro atoms. The molecule has 2 aliphatic rings. The second-order valence-corrected chi connectivity index (χ2v) is 5.10. The third kappa shape index (κ3) is 2.98. The molecule has 4 heteroatoms. The number of nitrogens with one attached hydrogen (secondary N) is 1. The van der Waals surface area contributed by atoms with Gasteiger partial charge in [0, 0.05) is 6.61 Å². The summed E-state index contributed by atoms with van der Waals surface area (Å²) in [5.41, 5.74) is -0.629. The van der Waals surface area contributed by atoms with Crippen molar-refractivity contribution in [2.45, 2.75) is 63.0 Å². The molecular formula is C13H20N2O2. The van der Waals surface area contributed by atoms with Crippen LogP contribution in [-0.4, -0.2) is 24.2 Å². The predicted octanol–water partition coefficient (Wildman–Crippen LogP) is 1.90. The minimum atomic E-state index is -0.629. The summed E-state index contributed by atoms with van der Waals surface area (Å²) in [7, 11) is 0. The van der Waals surface area contributed by atoms with Gasteiger partial charge < -0.3 is 10.1 Å². The van der Waals surface area contributed by atoms with Crippen LogP contribution in [0.15, 0.2) is 0 Å². The van der Waals surface area contributed by atoms with E-state index in [0.717, 1.165) is 44.9 Å². The van der Waals surface area contributed by atoms with Crippen LogP contribution < -0.4 is 5.32 Å². The molecule has 1 N–H and O–H groups in total. The smallest absolute Gasteiger partial charge is 0.250 e. The molecule has 94 valence electrons. The zero-order valence-electron chi connectivity index (χ0n) is 10.2. The Balaban J connectivity index is 1.93. The molecule has 0 bridgehead atoms. The summed E-state index contributed by atoms with van der Waals surface area (Å²) in [4.78, 5) is 12.0. The van der Waals surface area contributed by atoms with Gasteiger partial charge >= 0.3 is 0 Å². The number of carbonyl (C=O) groups is 1. The molecule has 0 aromatic rings. The number of hydrogen-bond donors (Lipinski definition) is 1. The van der Waals surface area contributed by atoms with Crippen LogP contribution >= 0.6 is 0 Å². The van der Waals surface area contributed by atoms with Gasteiger partial charge in [0.25, 0.3) is 0 Å². The number of nitriles is 1. The molecular weight excluding hydrogens is 216 g/mol. The van der Waals surface area contributed by atoms with Crippen molar-refractivity contribution in [3.63, 3.8) is 0 Å². The molecule has 1 saturated carbocycles. The Morgan fingerprint density at radius 1 is 1.24 bits per heavy atom. The van der Waals surface area contributed by atoms with E-state index in [9.17, 15) is 10.1 Å². The van der Waals surface area contributed by atoms with E-state index in [1.54, 1.807) is 0 Å². The molecule has 1 unspecified atom stereocenters. The molecule has 0 aromatic carbocycles. The molecule has 1 aliphatic heterocycles. The summed E-state index contributed by atoms with van der Waals surface area (Å²) in [5.74, 6) is -0.0897. The molecule has 2 rings (SSSR count). The zero-order chi connectivity index (χ0) is 12.1. The average Bonchev–Trinajstić information content (AvgIpc) is 2.41. The van der Waals surface area contributed by atoms with Crippen LogP contribution in [0.2, 0.25) is 0 Å². The first-order chi connectivity index (χ1) is 8.26. The second-order valence-electron chi connectivity index (χ2n) is 5.10. The summed E-state index contributed by atoms with van der Waals surface area (Å²) in [6.45, 7) is 0.664. The van der Waals surface area contributed by atoms with E-state index in [1.807, 2.05) is 0 Å². The van der Waals surface area contributed by atoms with Crippen molar-refractivity contribution in [2.75, 3.05) is 6.61 Å². The van der Waals surface area contributed by atoms with Gasteiger partial charge in [-0.05, 0) is 32.1 Å². The van der Waals surface area contributed by atoms with Crippen LogP contribution in [0, 0.1) is 11.3 Å². The lowest BCUT2D eigenvalue weighted by atomic mass is 9.82. The van der Waals surface area contributed by atoms with Gasteiger partial charge in [-0.15, -0.1) is 0 Å². The number of hydrogen-bond acceptors (Lipinski definition) is 3. The van der Waals surface area contributed by atoms with Crippen molar-refractivity contribution in [1.82, 2.24) is 5.32 Å². The van der Waals surface area contributed by atoms with Crippen LogP contribution in [-0.2, 0) is 9.53 Å². The monoisotopic (exact) mass is 236 g/mol. The largest absolute Gasteiger partial charge is 0.368 e. The van der Waals surface area contributed by atoms with E-state index in [4.69, 9.17) is 4.74 Å². The molecule has 4 nitrogen and oxygen atoms in total. The minimum Gasteiger partial charge on any atom is -0.368 e. The number of ether oxygens (including phenoxy) is 1. The fourth-order valence-corrected chi connectivity index (χ4v) is 2.68. The molecule has 0 aromatic heterocycles. The van der Waals surface area contributed by atoms with Crippen molar-refractivity contribution < 1.29 is 9.53 Å². The van der Waals surface area contributed by atoms with Crippen molar-refractivity contribution in [1.29, 1.82) is 5.26 Å². The van der Waals surface area contributed by atoms with Gasteiger partial charge in [-0.25, -0.2) is 0 Å². The summed E-state index contributed by atoms with van der Waals surface area (Å²) in [5, 5.41) is 12.2. The highest BCUT2D eigenvalue weighted by Crippen LogP contribution is 2.28. The first-order valence-electron chi connectivity index (χ1n) is 6.61. The Labute approximate surface area is 102 Å². The highest BCUT2D eigenvalue weighted by Gasteiger charge is 2.36. The molecule has 17 heavy (non-hydrogen) atoms. The van der Waals surface area contributed by atoms with Crippen LogP contribution in [0.25, 0.3) is 0 Å². The molecule has 1 heterocycles. The first-order valence-corrected chi connectivity index (χ1v) is 6.61. The van der Waals surface area contributed by atoms with Gasteiger partial charge in [-0.2, -0.15) is 5.26 Å². The van der Waals surface area contributed by atoms with Gasteiger partial charge in [-0.3, -0.25) is 4.79 Å². The van der Waals surface area contributed by atoms with E-state index in [0.29, 0.717) is 6.61 Å². The summed E-state index contributed by atoms with van der Waals surface area (Å²) in [6, 6.07) is 2.30. The molecule has 1 aliphatic carbocycles. The fourth-order valence-electron chi connectivity index (χ4n) is 2.68. The van der Waals surface area contributed by atoms with Crippen LogP contribution in [0.3, 0.4) is 0 Å². The maximum absolute atomic E-state index is 12.0. The standard InChI is InChI=1S/C13H20N2O2/c14-10-13(7-3-1-4-8-13)15-12(16)11-6-2-5-9-17-11/h11H,1-9H2,(H,15,16). The maximum atomic E-state index is 12.0. The first kappa shape index (κ1) is 12.4. The third-order valence-corrected chi connectivity index (χ3v) is 3.76. The molecule has 1 atom stereocenters. The lowest BCUT2D eigenvalue weighted by molar-refractivity contribution is -0.137. The summed E-state index contributed by atoms with van der Waals surface area (Å²) < 4.78 is 5.45. The number of carbonyl (C=O) groups excluding carboxylic acids is 1. The molecule has 0 radical (unpaired) electrons. The second kappa shape index (κ2) is 5.50. The quantitative estimate of drug-likeness (QED) is 0.796. The lowest BCUT2D eigenvalue weighted by Crippen LogP contribution is -2.52. The Morgan fingerprint density at radius 2 is 2.00 bits per heavy atom. The predicted molar refractivity (Wildman–Crippen MR) is 63.2 cm³/mol. The SMILES string of the molecule is N#CC1(NC(=O)C2CCCCO2)CCCCC1. The highest BCUT2D eigenvalue weighted by atomic mass is 16.5. The van der Waals surface area contributed by atoms with Crippen LogP contribution in [0.5, 0.6) is 0 Å². The van der Waals surface area contributed by atoms with Crippen molar-refractivity contribution >= 4 is 5.91 Å². The van der Waals surface area contributed by atoms with Crippen molar-refractivity contribution in [3.8, 4) is 6.07 Å². The summed E-state index contributed by atoms with van der Waals surface area (Å²) in [6.07, 6.45) is 7.30. The average molecular weight is 236 g/mol. The summed E-state index contributed by atoms with van der Waals surface area (Å²) >= 11 is 0. The third-order valence-electron chi connectivity index (χ3n) is 3.76. The topological polar surface area (TPSA) is 62.1 Å². The van der Waals surface area contributed by atoms with Crippen LogP contribution in [0.4, 0.5) is 0 Å². The zero-order valence-corrected chi connectivity index (χ0v) is 10.2. The Morgan fingerprint density at radius 3 is 2.59 bits per heavy atom. The van der Waals surface area contributed by atoms with Gasteiger partial charge in [0.15, 0.2) is 0 Å². The number of rotatable bonds is 2.